The van der Waals surface area contributed by atoms with E-state index in [9.17, 15) is 9.59 Å². The van der Waals surface area contributed by atoms with Crippen molar-refractivity contribution in [2.24, 2.45) is 0 Å². The molecule has 0 amide bonds. The Kier molecular flexibility index (Phi) is 4.52. The summed E-state index contributed by atoms with van der Waals surface area (Å²) < 4.78 is 4.92. The number of nitrogens with zero attached hydrogens (tertiary/aromatic N) is 1. The van der Waals surface area contributed by atoms with E-state index in [2.05, 4.69) is 4.98 Å². The molecular formula is C14H12ClNO3S. The second-order valence-electron chi connectivity index (χ2n) is 3.98. The van der Waals surface area contributed by atoms with Crippen molar-refractivity contribution < 1.29 is 14.3 Å². The molecule has 1 aromatic carbocycles. The number of rotatable bonds is 4. The van der Waals surface area contributed by atoms with Gasteiger partial charge in [0.15, 0.2) is 11.5 Å². The van der Waals surface area contributed by atoms with Crippen LogP contribution < -0.4 is 0 Å². The molecule has 2 rings (SSSR count). The first-order valence-corrected chi connectivity index (χ1v) is 7.17. The van der Waals surface area contributed by atoms with Gasteiger partial charge in [-0.3, -0.25) is 4.79 Å². The zero-order chi connectivity index (χ0) is 14.7. The van der Waals surface area contributed by atoms with Gasteiger partial charge in [0.2, 0.25) is 0 Å². The molecule has 1 heterocycles. The third-order valence-corrected chi connectivity index (χ3v) is 3.96. The summed E-state index contributed by atoms with van der Waals surface area (Å²) in [5, 5.41) is 1.21. The van der Waals surface area contributed by atoms with E-state index < -0.39 is 5.97 Å². The number of ether oxygens (including phenoxy) is 1. The number of aromatic nitrogens is 1. The Morgan fingerprint density at radius 1 is 1.30 bits per heavy atom. The number of halogens is 1. The van der Waals surface area contributed by atoms with Gasteiger partial charge in [0.05, 0.1) is 6.61 Å². The molecule has 0 aliphatic carbocycles. The van der Waals surface area contributed by atoms with Gasteiger partial charge >= 0.3 is 5.97 Å². The molecule has 6 heteroatoms. The predicted molar refractivity (Wildman–Crippen MR) is 78.5 cm³/mol. The monoisotopic (exact) mass is 309 g/mol. The molecule has 0 N–H and O–H groups in total. The van der Waals surface area contributed by atoms with Crippen LogP contribution in [0.25, 0.3) is 10.6 Å². The van der Waals surface area contributed by atoms with Gasteiger partial charge in [-0.05, 0) is 19.1 Å². The Morgan fingerprint density at radius 3 is 2.50 bits per heavy atom. The van der Waals surface area contributed by atoms with Crippen molar-refractivity contribution >= 4 is 34.7 Å². The average molecular weight is 310 g/mol. The molecule has 2 aromatic rings. The molecule has 0 fully saturated rings. The van der Waals surface area contributed by atoms with Crippen LogP contribution in [-0.4, -0.2) is 23.3 Å². The van der Waals surface area contributed by atoms with E-state index in [1.54, 1.807) is 31.2 Å². The Hall–Kier alpha value is -1.72. The lowest BCUT2D eigenvalue weighted by Gasteiger charge is -1.99. The van der Waals surface area contributed by atoms with Gasteiger partial charge in [-0.1, -0.05) is 23.7 Å². The molecular weight excluding hydrogens is 298 g/mol. The molecule has 20 heavy (non-hydrogen) atoms. The van der Waals surface area contributed by atoms with Crippen molar-refractivity contribution in [1.82, 2.24) is 4.98 Å². The molecule has 0 aliphatic heterocycles. The standard InChI is InChI=1S/C14H12ClNO3S/c1-3-19-14(18)11-12(8(2)17)20-13(16-11)9-4-6-10(15)7-5-9/h4-7H,3H2,1-2H3. The topological polar surface area (TPSA) is 56.3 Å². The smallest absolute Gasteiger partial charge is 0.358 e. The molecule has 0 unspecified atom stereocenters. The minimum atomic E-state index is -0.575. The highest BCUT2D eigenvalue weighted by molar-refractivity contribution is 7.17. The molecule has 0 saturated carbocycles. The number of esters is 1. The lowest BCUT2D eigenvalue weighted by atomic mass is 10.2. The minimum Gasteiger partial charge on any atom is -0.461 e. The third-order valence-electron chi connectivity index (χ3n) is 2.51. The highest BCUT2D eigenvalue weighted by Crippen LogP contribution is 2.29. The summed E-state index contributed by atoms with van der Waals surface area (Å²) in [6.45, 7) is 3.35. The van der Waals surface area contributed by atoms with E-state index in [0.717, 1.165) is 5.56 Å². The number of Topliss-reactive ketones (excluding diaryl/α,β-unsaturated/α-hetero) is 1. The fourth-order valence-electron chi connectivity index (χ4n) is 1.61. The van der Waals surface area contributed by atoms with Gasteiger partial charge in [0.25, 0.3) is 0 Å². The van der Waals surface area contributed by atoms with Gasteiger partial charge in [-0.15, -0.1) is 11.3 Å². The molecule has 0 atom stereocenters. The van der Waals surface area contributed by atoms with Crippen LogP contribution in [0.3, 0.4) is 0 Å². The lowest BCUT2D eigenvalue weighted by molar-refractivity contribution is 0.0517. The number of thiazole rings is 1. The quantitative estimate of drug-likeness (QED) is 0.636. The summed E-state index contributed by atoms with van der Waals surface area (Å²) in [4.78, 5) is 28.0. The average Bonchev–Trinajstić information content (AvgIpc) is 2.85. The summed E-state index contributed by atoms with van der Waals surface area (Å²) in [5.74, 6) is -0.778. The van der Waals surface area contributed by atoms with Crippen LogP contribution >= 0.6 is 22.9 Å². The number of hydrogen-bond acceptors (Lipinski definition) is 5. The highest BCUT2D eigenvalue weighted by Gasteiger charge is 2.22. The van der Waals surface area contributed by atoms with E-state index in [4.69, 9.17) is 16.3 Å². The summed E-state index contributed by atoms with van der Waals surface area (Å²) >= 11 is 7.01. The fraction of sp³-hybridized carbons (Fsp3) is 0.214. The van der Waals surface area contributed by atoms with Crippen LogP contribution in [0.1, 0.15) is 34.0 Å². The predicted octanol–water partition coefficient (Wildman–Crippen LogP) is 3.84. The van der Waals surface area contributed by atoms with E-state index in [1.165, 1.54) is 18.3 Å². The molecule has 0 saturated heterocycles. The fourth-order valence-corrected chi connectivity index (χ4v) is 2.69. The van der Waals surface area contributed by atoms with Crippen molar-refractivity contribution in [3.05, 3.63) is 39.9 Å². The summed E-state index contributed by atoms with van der Waals surface area (Å²) in [6.07, 6.45) is 0. The van der Waals surface area contributed by atoms with Gasteiger partial charge in [0.1, 0.15) is 9.88 Å². The molecule has 0 aliphatic rings. The van der Waals surface area contributed by atoms with Crippen molar-refractivity contribution in [3.63, 3.8) is 0 Å². The lowest BCUT2D eigenvalue weighted by Crippen LogP contribution is -2.09. The molecule has 104 valence electrons. The molecule has 4 nitrogen and oxygen atoms in total. The first-order valence-electron chi connectivity index (χ1n) is 5.97. The number of carbonyl (C=O) groups excluding carboxylic acids is 2. The molecule has 0 bridgehead atoms. The minimum absolute atomic E-state index is 0.0781. The number of ketones is 1. The Morgan fingerprint density at radius 2 is 1.95 bits per heavy atom. The number of carbonyl (C=O) groups is 2. The van der Waals surface area contributed by atoms with Crippen LogP contribution in [-0.2, 0) is 4.74 Å². The van der Waals surface area contributed by atoms with Gasteiger partial charge in [-0.2, -0.15) is 0 Å². The van der Waals surface area contributed by atoms with E-state index in [-0.39, 0.29) is 18.1 Å². The van der Waals surface area contributed by atoms with Gasteiger partial charge in [-0.25, -0.2) is 9.78 Å². The largest absolute Gasteiger partial charge is 0.461 e. The maximum atomic E-state index is 11.8. The zero-order valence-corrected chi connectivity index (χ0v) is 12.5. The van der Waals surface area contributed by atoms with E-state index in [0.29, 0.717) is 14.9 Å². The maximum Gasteiger partial charge on any atom is 0.358 e. The zero-order valence-electron chi connectivity index (χ0n) is 11.0. The van der Waals surface area contributed by atoms with Gasteiger partial charge < -0.3 is 4.74 Å². The molecule has 1 aromatic heterocycles. The Bertz CT molecular complexity index is 649. The van der Waals surface area contributed by atoms with Crippen LogP contribution in [0.2, 0.25) is 5.02 Å². The first-order chi connectivity index (χ1) is 9.52. The van der Waals surface area contributed by atoms with Crippen LogP contribution in [0.5, 0.6) is 0 Å². The Labute approximate surface area is 125 Å². The maximum absolute atomic E-state index is 11.8. The summed E-state index contributed by atoms with van der Waals surface area (Å²) in [6, 6.07) is 7.05. The third kappa shape index (κ3) is 3.05. The van der Waals surface area contributed by atoms with Crippen molar-refractivity contribution in [1.29, 1.82) is 0 Å². The second-order valence-corrected chi connectivity index (χ2v) is 5.42. The Balaban J connectivity index is 2.46. The van der Waals surface area contributed by atoms with Gasteiger partial charge in [0, 0.05) is 17.5 Å². The SMILES string of the molecule is CCOC(=O)c1nc(-c2ccc(Cl)cc2)sc1C(C)=O. The van der Waals surface area contributed by atoms with Crippen LogP contribution in [0.15, 0.2) is 24.3 Å². The molecule has 0 radical (unpaired) electrons. The summed E-state index contributed by atoms with van der Waals surface area (Å²) in [7, 11) is 0. The van der Waals surface area contributed by atoms with Crippen molar-refractivity contribution in [2.45, 2.75) is 13.8 Å². The molecule has 0 spiro atoms. The number of benzene rings is 1. The van der Waals surface area contributed by atoms with E-state index >= 15 is 0 Å². The van der Waals surface area contributed by atoms with Crippen LogP contribution in [0.4, 0.5) is 0 Å². The van der Waals surface area contributed by atoms with E-state index in [1.807, 2.05) is 0 Å². The number of hydrogen-bond donors (Lipinski definition) is 0. The second kappa shape index (κ2) is 6.15. The first kappa shape index (κ1) is 14.7. The van der Waals surface area contributed by atoms with Crippen molar-refractivity contribution in [2.75, 3.05) is 6.61 Å². The van der Waals surface area contributed by atoms with Crippen LogP contribution in [0, 0.1) is 0 Å². The van der Waals surface area contributed by atoms with Crippen molar-refractivity contribution in [3.8, 4) is 10.6 Å². The summed E-state index contributed by atoms with van der Waals surface area (Å²) in [5.41, 5.74) is 0.881. The highest BCUT2D eigenvalue weighted by atomic mass is 35.5. The normalized spacial score (nSPS) is 10.3.